The van der Waals surface area contributed by atoms with Crippen molar-refractivity contribution in [3.63, 3.8) is 0 Å². The fourth-order valence-electron chi connectivity index (χ4n) is 3.45. The van der Waals surface area contributed by atoms with Gasteiger partial charge in [-0.05, 0) is 65.4 Å². The molecule has 2 aromatic carbocycles. The third-order valence-electron chi connectivity index (χ3n) is 5.33. The van der Waals surface area contributed by atoms with E-state index in [-0.39, 0.29) is 17.8 Å². The summed E-state index contributed by atoms with van der Waals surface area (Å²) in [6, 6.07) is 9.61. The standard InChI is InChI=1S/C22H24F3IN2O/c1-15-3-5-18(12-20(15)26)21(29)13-17-6-4-16(11-19(17)22(23,24)25)14-28-9-7-27(2)8-10-28/h3-6,11-12H,7-10,13-14H2,1-2H3. The van der Waals surface area contributed by atoms with Gasteiger partial charge in [-0.25, -0.2) is 0 Å². The number of hydrogen-bond acceptors (Lipinski definition) is 3. The zero-order valence-corrected chi connectivity index (χ0v) is 18.7. The first-order chi connectivity index (χ1) is 13.6. The average molecular weight is 516 g/mol. The molecule has 0 amide bonds. The van der Waals surface area contributed by atoms with Crippen molar-refractivity contribution in [2.45, 2.75) is 26.1 Å². The van der Waals surface area contributed by atoms with Gasteiger partial charge in [0.15, 0.2) is 5.78 Å². The molecule has 1 aliphatic heterocycles. The average Bonchev–Trinajstić information content (AvgIpc) is 2.66. The summed E-state index contributed by atoms with van der Waals surface area (Å²) in [6.07, 6.45) is -4.75. The van der Waals surface area contributed by atoms with Gasteiger partial charge in [0.25, 0.3) is 0 Å². The van der Waals surface area contributed by atoms with Crippen molar-refractivity contribution in [3.05, 3.63) is 67.8 Å². The number of alkyl halides is 3. The number of benzene rings is 2. The molecule has 0 unspecified atom stereocenters. The Kier molecular flexibility index (Phi) is 7.01. The third kappa shape index (κ3) is 5.79. The largest absolute Gasteiger partial charge is 0.416 e. The second kappa shape index (κ2) is 9.14. The summed E-state index contributed by atoms with van der Waals surface area (Å²) in [5.41, 5.74) is 1.42. The molecule has 1 saturated heterocycles. The molecule has 1 fully saturated rings. The van der Waals surface area contributed by atoms with Crippen LogP contribution in [0.5, 0.6) is 0 Å². The van der Waals surface area contributed by atoms with Crippen LogP contribution in [0, 0.1) is 10.5 Å². The van der Waals surface area contributed by atoms with Crippen LogP contribution in [-0.4, -0.2) is 48.8 Å². The molecule has 0 spiro atoms. The van der Waals surface area contributed by atoms with Gasteiger partial charge < -0.3 is 4.90 Å². The smallest absolute Gasteiger partial charge is 0.304 e. The van der Waals surface area contributed by atoms with Gasteiger partial charge in [0.2, 0.25) is 0 Å². The summed E-state index contributed by atoms with van der Waals surface area (Å²) >= 11 is 2.13. The SMILES string of the molecule is Cc1ccc(C(=O)Cc2ccc(CN3CCN(C)CC3)cc2C(F)(F)F)cc1I. The fraction of sp³-hybridized carbons (Fsp3) is 0.409. The van der Waals surface area contributed by atoms with Crippen molar-refractivity contribution < 1.29 is 18.0 Å². The number of hydrogen-bond donors (Lipinski definition) is 0. The number of halogens is 4. The van der Waals surface area contributed by atoms with E-state index in [1.807, 2.05) is 20.0 Å². The Hall–Kier alpha value is -1.45. The van der Waals surface area contributed by atoms with Gasteiger partial charge in [0.05, 0.1) is 5.56 Å². The van der Waals surface area contributed by atoms with Gasteiger partial charge >= 0.3 is 6.18 Å². The monoisotopic (exact) mass is 516 g/mol. The van der Waals surface area contributed by atoms with Gasteiger partial charge in [0, 0.05) is 48.3 Å². The van der Waals surface area contributed by atoms with Gasteiger partial charge in [-0.2, -0.15) is 13.2 Å². The maximum atomic E-state index is 13.7. The van der Waals surface area contributed by atoms with E-state index in [1.54, 1.807) is 18.2 Å². The second-order valence-electron chi connectivity index (χ2n) is 7.63. The number of carbonyl (C=O) groups excluding carboxylic acids is 1. The van der Waals surface area contributed by atoms with Gasteiger partial charge in [-0.15, -0.1) is 0 Å². The first-order valence-corrected chi connectivity index (χ1v) is 10.6. The van der Waals surface area contributed by atoms with Crippen LogP contribution in [0.4, 0.5) is 13.2 Å². The number of likely N-dealkylation sites (N-methyl/N-ethyl adjacent to an activating group) is 1. The Labute approximate surface area is 183 Å². The van der Waals surface area contributed by atoms with Crippen LogP contribution in [0.3, 0.4) is 0 Å². The number of piperazine rings is 1. The number of Topliss-reactive ketones (excluding diaryl/α,β-unsaturated/α-hetero) is 1. The quantitative estimate of drug-likeness (QED) is 0.422. The molecule has 0 N–H and O–H groups in total. The van der Waals surface area contributed by atoms with E-state index in [9.17, 15) is 18.0 Å². The normalized spacial score (nSPS) is 16.2. The van der Waals surface area contributed by atoms with E-state index in [0.29, 0.717) is 17.7 Å². The molecule has 0 aliphatic carbocycles. The molecule has 0 saturated carbocycles. The van der Waals surface area contributed by atoms with Crippen molar-refractivity contribution in [3.8, 4) is 0 Å². The summed E-state index contributed by atoms with van der Waals surface area (Å²) in [6.45, 7) is 5.91. The Bertz CT molecular complexity index is 890. The van der Waals surface area contributed by atoms with Crippen molar-refractivity contribution in [2.75, 3.05) is 33.2 Å². The summed E-state index contributed by atoms with van der Waals surface area (Å²) < 4.78 is 42.0. The number of nitrogens with zero attached hydrogens (tertiary/aromatic N) is 2. The molecule has 0 aromatic heterocycles. The Morgan fingerprint density at radius 3 is 2.38 bits per heavy atom. The molecule has 0 atom stereocenters. The van der Waals surface area contributed by atoms with E-state index < -0.39 is 11.7 Å². The maximum absolute atomic E-state index is 13.7. The zero-order chi connectivity index (χ0) is 21.2. The molecule has 7 heteroatoms. The highest BCUT2D eigenvalue weighted by molar-refractivity contribution is 14.1. The first-order valence-electron chi connectivity index (χ1n) is 9.53. The minimum Gasteiger partial charge on any atom is -0.304 e. The highest BCUT2D eigenvalue weighted by Gasteiger charge is 2.34. The fourth-order valence-corrected chi connectivity index (χ4v) is 3.96. The lowest BCUT2D eigenvalue weighted by Gasteiger charge is -2.32. The molecule has 0 bridgehead atoms. The number of aryl methyl sites for hydroxylation is 1. The zero-order valence-electron chi connectivity index (χ0n) is 16.5. The van der Waals surface area contributed by atoms with Gasteiger partial charge in [-0.1, -0.05) is 24.3 Å². The molecule has 156 valence electrons. The molecular formula is C22H24F3IN2O. The summed E-state index contributed by atoms with van der Waals surface area (Å²) in [5.74, 6) is -0.305. The molecule has 29 heavy (non-hydrogen) atoms. The van der Waals surface area contributed by atoms with Crippen molar-refractivity contribution >= 4 is 28.4 Å². The molecule has 3 rings (SSSR count). The van der Waals surface area contributed by atoms with Crippen LogP contribution in [0.15, 0.2) is 36.4 Å². The van der Waals surface area contributed by atoms with Crippen LogP contribution in [0.1, 0.15) is 32.6 Å². The van der Waals surface area contributed by atoms with Crippen molar-refractivity contribution in [1.29, 1.82) is 0 Å². The minimum atomic E-state index is -4.49. The van der Waals surface area contributed by atoms with Crippen LogP contribution in [0.2, 0.25) is 0 Å². The number of carbonyl (C=O) groups is 1. The van der Waals surface area contributed by atoms with Crippen LogP contribution in [-0.2, 0) is 19.1 Å². The molecule has 2 aromatic rings. The second-order valence-corrected chi connectivity index (χ2v) is 8.79. The summed E-state index contributed by atoms with van der Waals surface area (Å²) in [5, 5.41) is 0. The third-order valence-corrected chi connectivity index (χ3v) is 6.49. The predicted octanol–water partition coefficient (Wildman–Crippen LogP) is 4.79. The lowest BCUT2D eigenvalue weighted by molar-refractivity contribution is -0.138. The molecule has 0 radical (unpaired) electrons. The minimum absolute atomic E-state index is 0.0280. The topological polar surface area (TPSA) is 23.6 Å². The van der Waals surface area contributed by atoms with E-state index in [0.717, 1.165) is 35.3 Å². The van der Waals surface area contributed by atoms with Crippen molar-refractivity contribution in [1.82, 2.24) is 9.80 Å². The van der Waals surface area contributed by atoms with Gasteiger partial charge in [0.1, 0.15) is 0 Å². The van der Waals surface area contributed by atoms with E-state index >= 15 is 0 Å². The Morgan fingerprint density at radius 1 is 1.07 bits per heavy atom. The number of rotatable bonds is 5. The molecular weight excluding hydrogens is 492 g/mol. The summed E-state index contributed by atoms with van der Waals surface area (Å²) in [4.78, 5) is 17.0. The highest BCUT2D eigenvalue weighted by atomic mass is 127. The Morgan fingerprint density at radius 2 is 1.76 bits per heavy atom. The lowest BCUT2D eigenvalue weighted by atomic mass is 9.96. The lowest BCUT2D eigenvalue weighted by Crippen LogP contribution is -2.43. The van der Waals surface area contributed by atoms with Crippen LogP contribution < -0.4 is 0 Å². The molecule has 1 aliphatic rings. The Balaban J connectivity index is 1.80. The van der Waals surface area contributed by atoms with Crippen molar-refractivity contribution in [2.24, 2.45) is 0 Å². The van der Waals surface area contributed by atoms with Gasteiger partial charge in [-0.3, -0.25) is 9.69 Å². The molecule has 3 nitrogen and oxygen atoms in total. The highest BCUT2D eigenvalue weighted by Crippen LogP contribution is 2.34. The predicted molar refractivity (Wildman–Crippen MR) is 116 cm³/mol. The van der Waals surface area contributed by atoms with E-state index in [1.165, 1.54) is 12.1 Å². The van der Waals surface area contributed by atoms with E-state index in [2.05, 4.69) is 32.4 Å². The first kappa shape index (κ1) is 22.2. The van der Waals surface area contributed by atoms with Crippen LogP contribution in [0.25, 0.3) is 0 Å². The number of ketones is 1. The van der Waals surface area contributed by atoms with E-state index in [4.69, 9.17) is 0 Å². The summed E-state index contributed by atoms with van der Waals surface area (Å²) in [7, 11) is 2.04. The maximum Gasteiger partial charge on any atom is 0.416 e. The van der Waals surface area contributed by atoms with Crippen LogP contribution >= 0.6 is 22.6 Å². The molecule has 1 heterocycles.